The zero-order valence-corrected chi connectivity index (χ0v) is 31.5. The van der Waals surface area contributed by atoms with Crippen LogP contribution in [0.1, 0.15) is 64.0 Å². The second kappa shape index (κ2) is 16.4. The molecule has 0 aliphatic heterocycles. The third-order valence-electron chi connectivity index (χ3n) is 9.72. The van der Waals surface area contributed by atoms with Gasteiger partial charge in [-0.2, -0.15) is 0 Å². The molecule has 2 fully saturated rings. The molecule has 0 bridgehead atoms. The van der Waals surface area contributed by atoms with Crippen LogP contribution in [0.15, 0.2) is 124 Å². The van der Waals surface area contributed by atoms with Crippen LogP contribution in [0.25, 0.3) is 0 Å². The number of hydrogen-bond acceptors (Lipinski definition) is 6. The lowest BCUT2D eigenvalue weighted by molar-refractivity contribution is -0.148. The number of ether oxygens (including phenoxy) is 3. The summed E-state index contributed by atoms with van der Waals surface area (Å²) in [5.41, 5.74) is 4.01. The van der Waals surface area contributed by atoms with Crippen molar-refractivity contribution >= 4 is 35.1 Å². The number of allylic oxidation sites excluding steroid dienone is 3. The molecule has 1 heterocycles. The summed E-state index contributed by atoms with van der Waals surface area (Å²) < 4.78 is 22.6. The molecule has 2 aliphatic carbocycles. The monoisotopic (exact) mass is 728 g/mol. The molecule has 0 saturated heterocycles. The van der Waals surface area contributed by atoms with Gasteiger partial charge in [0.1, 0.15) is 35.0 Å². The predicted octanol–water partition coefficient (Wildman–Crippen LogP) is 11.3. The van der Waals surface area contributed by atoms with Crippen LogP contribution in [-0.4, -0.2) is 11.9 Å². The van der Waals surface area contributed by atoms with Crippen LogP contribution in [0.5, 0.6) is 11.5 Å². The van der Waals surface area contributed by atoms with Gasteiger partial charge in [0.15, 0.2) is 0 Å². The van der Waals surface area contributed by atoms with Crippen molar-refractivity contribution in [3.63, 3.8) is 0 Å². The van der Waals surface area contributed by atoms with Crippen molar-refractivity contribution in [1.82, 2.24) is 0 Å². The summed E-state index contributed by atoms with van der Waals surface area (Å²) in [5, 5.41) is 0. The highest BCUT2D eigenvalue weighted by molar-refractivity contribution is 6.55. The molecule has 6 nitrogen and oxygen atoms in total. The minimum absolute atomic E-state index is 0.00717. The van der Waals surface area contributed by atoms with Crippen LogP contribution in [-0.2, 0) is 38.7 Å². The fraction of sp³-hybridized carbons (Fsp3) is 0.349. The molecule has 2 aliphatic rings. The molecule has 1 aromatic heterocycles. The van der Waals surface area contributed by atoms with Crippen molar-refractivity contribution < 1.29 is 28.2 Å². The summed E-state index contributed by atoms with van der Waals surface area (Å²) in [6.45, 7) is 12.9. The molecule has 2 saturated carbocycles. The van der Waals surface area contributed by atoms with E-state index in [1.165, 1.54) is 11.1 Å². The Hall–Kier alpha value is -4.26. The van der Waals surface area contributed by atoms with Gasteiger partial charge in [-0.05, 0) is 84.0 Å². The van der Waals surface area contributed by atoms with Crippen LogP contribution >= 0.6 is 23.2 Å². The molecule has 51 heavy (non-hydrogen) atoms. The minimum Gasteiger partial charge on any atom is -0.469 e. The van der Waals surface area contributed by atoms with Crippen molar-refractivity contribution in [3.8, 4) is 11.5 Å². The largest absolute Gasteiger partial charge is 0.469 e. The van der Waals surface area contributed by atoms with E-state index in [9.17, 15) is 9.59 Å². The summed E-state index contributed by atoms with van der Waals surface area (Å²) in [7, 11) is 0. The van der Waals surface area contributed by atoms with Gasteiger partial charge in [0.2, 0.25) is 0 Å². The number of para-hydroxylation sites is 1. The summed E-state index contributed by atoms with van der Waals surface area (Å²) in [4.78, 5) is 24.8. The highest BCUT2D eigenvalue weighted by Crippen LogP contribution is 2.61. The third-order valence-corrected chi connectivity index (χ3v) is 9.97. The first-order valence-corrected chi connectivity index (χ1v) is 17.9. The average Bonchev–Trinajstić information content (AvgIpc) is 3.69. The number of esters is 2. The zero-order chi connectivity index (χ0) is 36.8. The maximum atomic E-state index is 12.4. The second-order valence-electron chi connectivity index (χ2n) is 14.7. The number of rotatable bonds is 12. The van der Waals surface area contributed by atoms with E-state index in [1.54, 1.807) is 12.3 Å². The van der Waals surface area contributed by atoms with E-state index in [1.807, 2.05) is 92.7 Å². The molecule has 3 aromatic carbocycles. The van der Waals surface area contributed by atoms with Gasteiger partial charge in [-0.1, -0.05) is 123 Å². The van der Waals surface area contributed by atoms with E-state index in [4.69, 9.17) is 41.8 Å². The van der Waals surface area contributed by atoms with Gasteiger partial charge in [-0.3, -0.25) is 9.59 Å². The molecule has 0 N–H and O–H groups in total. The molecule has 0 spiro atoms. The average molecular weight is 730 g/mol. The highest BCUT2D eigenvalue weighted by Gasteiger charge is 2.62. The molecule has 6 rings (SSSR count). The molecule has 4 atom stereocenters. The van der Waals surface area contributed by atoms with Gasteiger partial charge >= 0.3 is 11.9 Å². The number of carbonyl (C=O) groups excluding carboxylic acids is 2. The molecule has 0 amide bonds. The van der Waals surface area contributed by atoms with Crippen LogP contribution in [0.3, 0.4) is 0 Å². The second-order valence-corrected chi connectivity index (χ2v) is 15.7. The smallest absolute Gasteiger partial charge is 0.310 e. The molecular formula is C43H46Cl2O6. The summed E-state index contributed by atoms with van der Waals surface area (Å²) >= 11 is 11.5. The van der Waals surface area contributed by atoms with Gasteiger partial charge in [-0.25, -0.2) is 0 Å². The van der Waals surface area contributed by atoms with E-state index in [0.29, 0.717) is 5.75 Å². The van der Waals surface area contributed by atoms with Crippen molar-refractivity contribution in [2.45, 2.75) is 61.2 Å². The number of furan rings is 1. The minimum atomic E-state index is -0.236. The number of benzene rings is 3. The number of hydrogen-bond donors (Lipinski definition) is 0. The number of halogens is 2. The summed E-state index contributed by atoms with van der Waals surface area (Å²) in [5.74, 6) is 2.01. The fourth-order valence-electron chi connectivity index (χ4n) is 6.58. The van der Waals surface area contributed by atoms with Crippen molar-refractivity contribution in [2.75, 3.05) is 0 Å². The zero-order valence-electron chi connectivity index (χ0n) is 30.0. The maximum Gasteiger partial charge on any atom is 0.310 e. The van der Waals surface area contributed by atoms with E-state index in [2.05, 4.69) is 45.9 Å². The van der Waals surface area contributed by atoms with Crippen LogP contribution in [0, 0.1) is 34.5 Å². The normalized spacial score (nSPS) is 20.5. The van der Waals surface area contributed by atoms with Crippen molar-refractivity contribution in [1.29, 1.82) is 0 Å². The molecular weight excluding hydrogens is 683 g/mol. The van der Waals surface area contributed by atoms with E-state index in [0.717, 1.165) is 29.1 Å². The lowest BCUT2D eigenvalue weighted by atomic mass is 10.1. The standard InChI is InChI=1S/C22H26O3.C21H20Cl2O3/c1-15(2)10-19-20(22(19,3)4)21(23)25-14-17-12-18(24-13-17)11-16-8-6-5-7-9-16;1-21(2)17(12-18(22)23)19(21)20(24)25-13-14-7-6-10-16(11-14)26-15-8-4-3-5-9-15/h5-10,12-13,19-20H,11,14H2,1-4H3;3-12,17,19H,13H2,1-2H3. The SMILES string of the molecule is CC(C)=CC1C(C(=O)OCc2coc(Cc3ccccc3)c2)C1(C)C.CC1(C)C(C=C(Cl)Cl)C1C(=O)OCc1cccc(Oc2ccccc2)c1. The lowest BCUT2D eigenvalue weighted by Crippen LogP contribution is -2.10. The third kappa shape index (κ3) is 10.2. The van der Waals surface area contributed by atoms with Crippen molar-refractivity contribution in [2.24, 2.45) is 34.5 Å². The Labute approximate surface area is 311 Å². The Morgan fingerprint density at radius 2 is 1.22 bits per heavy atom. The van der Waals surface area contributed by atoms with Gasteiger partial charge in [0.05, 0.1) is 18.1 Å². The Morgan fingerprint density at radius 1 is 0.686 bits per heavy atom. The Morgan fingerprint density at radius 3 is 1.80 bits per heavy atom. The first-order chi connectivity index (χ1) is 24.3. The Balaban J connectivity index is 0.000000198. The summed E-state index contributed by atoms with van der Waals surface area (Å²) in [6.07, 6.45) is 6.31. The molecule has 268 valence electrons. The number of carbonyl (C=O) groups is 2. The first kappa shape index (κ1) is 38.0. The lowest BCUT2D eigenvalue weighted by Gasteiger charge is -2.09. The van der Waals surface area contributed by atoms with Gasteiger partial charge in [-0.15, -0.1) is 0 Å². The van der Waals surface area contributed by atoms with E-state index >= 15 is 0 Å². The molecule has 0 radical (unpaired) electrons. The van der Waals surface area contributed by atoms with E-state index in [-0.39, 0.29) is 64.1 Å². The summed E-state index contributed by atoms with van der Waals surface area (Å²) in [6, 6.07) is 29.2. The van der Waals surface area contributed by atoms with Crippen LogP contribution in [0.4, 0.5) is 0 Å². The molecule has 4 aromatic rings. The predicted molar refractivity (Wildman–Crippen MR) is 201 cm³/mol. The van der Waals surface area contributed by atoms with Crippen LogP contribution in [0.2, 0.25) is 0 Å². The van der Waals surface area contributed by atoms with Gasteiger partial charge in [0.25, 0.3) is 0 Å². The molecule has 8 heteroatoms. The van der Waals surface area contributed by atoms with Gasteiger partial charge < -0.3 is 18.6 Å². The van der Waals surface area contributed by atoms with Crippen LogP contribution < -0.4 is 4.74 Å². The highest BCUT2D eigenvalue weighted by atomic mass is 35.5. The van der Waals surface area contributed by atoms with E-state index < -0.39 is 0 Å². The maximum absolute atomic E-state index is 12.4. The quantitative estimate of drug-likeness (QED) is 0.107. The molecule has 4 unspecified atom stereocenters. The Bertz CT molecular complexity index is 1850. The van der Waals surface area contributed by atoms with Gasteiger partial charge in [0, 0.05) is 12.0 Å². The Kier molecular flexibility index (Phi) is 12.2. The first-order valence-electron chi connectivity index (χ1n) is 17.2. The van der Waals surface area contributed by atoms with Crippen molar-refractivity contribution in [3.05, 3.63) is 142 Å². The topological polar surface area (TPSA) is 75.0 Å². The fourth-order valence-corrected chi connectivity index (χ4v) is 6.85.